The summed E-state index contributed by atoms with van der Waals surface area (Å²) in [6.07, 6.45) is 0. The van der Waals surface area contributed by atoms with Gasteiger partial charge in [-0.25, -0.2) is 4.79 Å². The Labute approximate surface area is 123 Å². The third-order valence-electron chi connectivity index (χ3n) is 2.79. The topological polar surface area (TPSA) is 70.8 Å². The molecular weight excluding hydrogens is 270 g/mol. The van der Waals surface area contributed by atoms with Crippen molar-refractivity contribution in [1.29, 1.82) is 0 Å². The molecule has 0 heterocycles. The van der Waals surface area contributed by atoms with Gasteiger partial charge in [0.15, 0.2) is 6.79 Å². The lowest BCUT2D eigenvalue weighted by molar-refractivity contribution is -0.0381. The van der Waals surface area contributed by atoms with Gasteiger partial charge in [-0.3, -0.25) is 0 Å². The fourth-order valence-corrected chi connectivity index (χ4v) is 1.77. The molecule has 110 valence electrons. The maximum absolute atomic E-state index is 11.9. The first-order valence-corrected chi connectivity index (χ1v) is 6.42. The molecule has 21 heavy (non-hydrogen) atoms. The first-order valence-electron chi connectivity index (χ1n) is 6.42. The van der Waals surface area contributed by atoms with Gasteiger partial charge in [-0.15, -0.1) is 0 Å². The minimum atomic E-state index is -0.506. The summed E-state index contributed by atoms with van der Waals surface area (Å²) in [5, 5.41) is 0. The highest BCUT2D eigenvalue weighted by Crippen LogP contribution is 2.19. The maximum Gasteiger partial charge on any atom is 0.340 e. The van der Waals surface area contributed by atoms with Gasteiger partial charge in [0.2, 0.25) is 0 Å². The highest BCUT2D eigenvalue weighted by Gasteiger charge is 2.09. The van der Waals surface area contributed by atoms with E-state index in [4.69, 9.17) is 19.9 Å². The molecule has 2 N–H and O–H groups in total. The van der Waals surface area contributed by atoms with E-state index in [1.807, 2.05) is 30.3 Å². The average molecular weight is 287 g/mol. The second-order valence-corrected chi connectivity index (χ2v) is 4.38. The van der Waals surface area contributed by atoms with E-state index in [0.29, 0.717) is 23.6 Å². The standard InChI is InChI=1S/C16H17NO4/c1-19-15-8-13(7-14(17)9-15)16(18)21-11-20-10-12-5-3-2-4-6-12/h2-9H,10-11,17H2,1H3. The second-order valence-electron chi connectivity index (χ2n) is 4.38. The highest BCUT2D eigenvalue weighted by atomic mass is 16.7. The number of hydrogen-bond donors (Lipinski definition) is 1. The Bertz CT molecular complexity index is 598. The molecule has 0 saturated carbocycles. The number of rotatable bonds is 6. The van der Waals surface area contributed by atoms with Crippen LogP contribution in [0.4, 0.5) is 5.69 Å². The number of esters is 1. The van der Waals surface area contributed by atoms with Crippen molar-refractivity contribution in [1.82, 2.24) is 0 Å². The maximum atomic E-state index is 11.9. The van der Waals surface area contributed by atoms with Crippen LogP contribution in [0, 0.1) is 0 Å². The van der Waals surface area contributed by atoms with Crippen LogP contribution in [0.25, 0.3) is 0 Å². The van der Waals surface area contributed by atoms with Crippen molar-refractivity contribution in [3.63, 3.8) is 0 Å². The first kappa shape index (κ1) is 14.9. The summed E-state index contributed by atoms with van der Waals surface area (Å²) < 4.78 is 15.4. The Morgan fingerprint density at radius 2 is 1.90 bits per heavy atom. The molecule has 2 rings (SSSR count). The van der Waals surface area contributed by atoms with E-state index < -0.39 is 5.97 Å². The van der Waals surface area contributed by atoms with E-state index in [-0.39, 0.29) is 6.79 Å². The molecule has 0 radical (unpaired) electrons. The third-order valence-corrected chi connectivity index (χ3v) is 2.79. The Morgan fingerprint density at radius 1 is 1.14 bits per heavy atom. The lowest BCUT2D eigenvalue weighted by Crippen LogP contribution is -2.09. The summed E-state index contributed by atoms with van der Waals surface area (Å²) >= 11 is 0. The smallest absolute Gasteiger partial charge is 0.340 e. The van der Waals surface area contributed by atoms with Crippen LogP contribution in [-0.2, 0) is 16.1 Å². The van der Waals surface area contributed by atoms with Gasteiger partial charge in [-0.05, 0) is 17.7 Å². The lowest BCUT2D eigenvalue weighted by Gasteiger charge is -2.08. The first-order chi connectivity index (χ1) is 10.2. The van der Waals surface area contributed by atoms with Crippen LogP contribution in [0.5, 0.6) is 5.75 Å². The zero-order valence-electron chi connectivity index (χ0n) is 11.7. The predicted molar refractivity (Wildman–Crippen MR) is 78.9 cm³/mol. The quantitative estimate of drug-likeness (QED) is 0.383. The molecule has 5 heteroatoms. The molecule has 0 aliphatic carbocycles. The van der Waals surface area contributed by atoms with E-state index in [2.05, 4.69) is 0 Å². The molecule has 0 aliphatic heterocycles. The summed E-state index contributed by atoms with van der Waals surface area (Å²) in [6.45, 7) is 0.263. The number of carbonyl (C=O) groups is 1. The van der Waals surface area contributed by atoms with E-state index in [0.717, 1.165) is 5.56 Å². The number of ether oxygens (including phenoxy) is 3. The van der Waals surface area contributed by atoms with Crippen molar-refractivity contribution < 1.29 is 19.0 Å². The van der Waals surface area contributed by atoms with Crippen LogP contribution in [0.15, 0.2) is 48.5 Å². The van der Waals surface area contributed by atoms with Gasteiger partial charge in [0.25, 0.3) is 0 Å². The third kappa shape index (κ3) is 4.50. The zero-order chi connectivity index (χ0) is 15.1. The van der Waals surface area contributed by atoms with Crippen LogP contribution in [-0.4, -0.2) is 19.9 Å². The molecule has 0 aliphatic rings. The summed E-state index contributed by atoms with van der Waals surface area (Å²) in [5.41, 5.74) is 7.46. The van der Waals surface area contributed by atoms with E-state index in [9.17, 15) is 4.79 Å². The van der Waals surface area contributed by atoms with Crippen LogP contribution in [0.3, 0.4) is 0 Å². The fraction of sp³-hybridized carbons (Fsp3) is 0.188. The molecule has 2 aromatic rings. The normalized spacial score (nSPS) is 10.1. The summed E-state index contributed by atoms with van der Waals surface area (Å²) in [7, 11) is 1.51. The monoisotopic (exact) mass is 287 g/mol. The number of carbonyl (C=O) groups excluding carboxylic acids is 1. The molecule has 0 aromatic heterocycles. The fourth-order valence-electron chi connectivity index (χ4n) is 1.77. The van der Waals surface area contributed by atoms with E-state index >= 15 is 0 Å². The molecule has 2 aromatic carbocycles. The summed E-state index contributed by atoms with van der Waals surface area (Å²) in [4.78, 5) is 11.9. The van der Waals surface area contributed by atoms with Gasteiger partial charge < -0.3 is 19.9 Å². The Balaban J connectivity index is 1.83. The van der Waals surface area contributed by atoms with Crippen LogP contribution in [0.1, 0.15) is 15.9 Å². The van der Waals surface area contributed by atoms with Crippen molar-refractivity contribution >= 4 is 11.7 Å². The molecule has 0 fully saturated rings. The molecule has 0 atom stereocenters. The van der Waals surface area contributed by atoms with Crippen molar-refractivity contribution in [2.24, 2.45) is 0 Å². The van der Waals surface area contributed by atoms with E-state index in [1.54, 1.807) is 12.1 Å². The van der Waals surface area contributed by atoms with Crippen LogP contribution >= 0.6 is 0 Å². The molecule has 0 amide bonds. The predicted octanol–water partition coefficient (Wildman–Crippen LogP) is 2.61. The van der Waals surface area contributed by atoms with Crippen molar-refractivity contribution in [3.05, 3.63) is 59.7 Å². The van der Waals surface area contributed by atoms with Crippen LogP contribution < -0.4 is 10.5 Å². The second kappa shape index (κ2) is 7.31. The molecule has 5 nitrogen and oxygen atoms in total. The minimum Gasteiger partial charge on any atom is -0.497 e. The average Bonchev–Trinajstić information content (AvgIpc) is 2.51. The number of nitrogen functional groups attached to an aromatic ring is 1. The minimum absolute atomic E-state index is 0.120. The van der Waals surface area contributed by atoms with E-state index in [1.165, 1.54) is 13.2 Å². The van der Waals surface area contributed by atoms with Gasteiger partial charge in [0.05, 0.1) is 19.3 Å². The van der Waals surface area contributed by atoms with Crippen LogP contribution in [0.2, 0.25) is 0 Å². The molecular formula is C16H17NO4. The van der Waals surface area contributed by atoms with Gasteiger partial charge >= 0.3 is 5.97 Å². The number of anilines is 1. The lowest BCUT2D eigenvalue weighted by atomic mass is 10.2. The highest BCUT2D eigenvalue weighted by molar-refractivity contribution is 5.91. The van der Waals surface area contributed by atoms with Gasteiger partial charge in [-0.1, -0.05) is 30.3 Å². The van der Waals surface area contributed by atoms with Crippen molar-refractivity contribution in [3.8, 4) is 5.75 Å². The number of benzene rings is 2. The Morgan fingerprint density at radius 3 is 2.62 bits per heavy atom. The number of hydrogen-bond acceptors (Lipinski definition) is 5. The zero-order valence-corrected chi connectivity index (χ0v) is 11.7. The van der Waals surface area contributed by atoms with Gasteiger partial charge in [0.1, 0.15) is 5.75 Å². The molecule has 0 spiro atoms. The molecule has 0 unspecified atom stereocenters. The van der Waals surface area contributed by atoms with Crippen molar-refractivity contribution in [2.45, 2.75) is 6.61 Å². The van der Waals surface area contributed by atoms with Gasteiger partial charge in [0, 0.05) is 11.8 Å². The molecule has 0 saturated heterocycles. The van der Waals surface area contributed by atoms with Crippen molar-refractivity contribution in [2.75, 3.05) is 19.6 Å². The summed E-state index contributed by atoms with van der Waals surface area (Å²) in [6, 6.07) is 14.4. The Kier molecular flexibility index (Phi) is 5.17. The number of nitrogens with two attached hydrogens (primary N) is 1. The molecule has 0 bridgehead atoms. The Hall–Kier alpha value is -2.53. The largest absolute Gasteiger partial charge is 0.497 e. The summed E-state index contributed by atoms with van der Waals surface area (Å²) in [5.74, 6) is 0.000755. The SMILES string of the molecule is COc1cc(N)cc(C(=O)OCOCc2ccccc2)c1. The van der Waals surface area contributed by atoms with Gasteiger partial charge in [-0.2, -0.15) is 0 Å². The number of methoxy groups -OCH3 is 1.